The molecule has 1 aromatic rings. The summed E-state index contributed by atoms with van der Waals surface area (Å²) >= 11 is 0. The van der Waals surface area contributed by atoms with E-state index in [-0.39, 0.29) is 0 Å². The van der Waals surface area contributed by atoms with Crippen LogP contribution in [0.25, 0.3) is 0 Å². The average molecular weight is 113 g/mol. The van der Waals surface area contributed by atoms with Gasteiger partial charge in [-0.25, -0.2) is 4.98 Å². The van der Waals surface area contributed by atoms with E-state index in [1.165, 1.54) is 0 Å². The third-order valence-electron chi connectivity index (χ3n) is 0.709. The molecule has 0 bridgehead atoms. The fraction of sp³-hybridized carbons (Fsp3) is 0.333. The summed E-state index contributed by atoms with van der Waals surface area (Å²) in [6.07, 6.45) is 0. The van der Waals surface area contributed by atoms with E-state index in [1.54, 1.807) is 0 Å². The van der Waals surface area contributed by atoms with Crippen molar-refractivity contribution in [2.24, 2.45) is 0 Å². The molecule has 38 valence electrons. The molecule has 0 aliphatic carbocycles. The van der Waals surface area contributed by atoms with Gasteiger partial charge >= 0.3 is 0 Å². The van der Waals surface area contributed by atoms with Gasteiger partial charge in [-0.15, -0.1) is 0 Å². The van der Waals surface area contributed by atoms with E-state index in [0.29, 0.717) is 0 Å². The second kappa shape index (κ2) is 1.46. The Bertz CT molecular complexity index is 142. The smallest absolute Gasteiger partial charge is 0.147 e. The molecule has 0 amide bonds. The molecule has 0 atom stereocenters. The molecule has 1 rings (SSSR count). The van der Waals surface area contributed by atoms with Gasteiger partial charge in [0.05, 0.1) is 15.7 Å². The first kappa shape index (κ1) is 4.51. The fourth-order valence-electron chi connectivity index (χ4n) is 0.455. The third kappa shape index (κ3) is 0.864. The van der Waals surface area contributed by atoms with E-state index >= 15 is 0 Å². The van der Waals surface area contributed by atoms with Crippen LogP contribution in [0.5, 0.6) is 0 Å². The van der Waals surface area contributed by atoms with Crippen molar-refractivity contribution in [3.8, 4) is 0 Å². The monoisotopic (exact) mass is 113 g/mol. The summed E-state index contributed by atoms with van der Waals surface area (Å²) in [6, 6.07) is 0. The number of aromatic amines is 1. The molecule has 1 heterocycles. The minimum Gasteiger partial charge on any atom is -0.269 e. The van der Waals surface area contributed by atoms with E-state index < -0.39 is 0 Å². The summed E-state index contributed by atoms with van der Waals surface area (Å²) in [6.45, 7) is 1.87. The molecule has 0 spiro atoms. The fourth-order valence-corrected chi connectivity index (χ4v) is 0.890. The van der Waals surface area contributed by atoms with E-state index in [1.807, 2.05) is 6.92 Å². The number of rotatable bonds is 0. The summed E-state index contributed by atoms with van der Waals surface area (Å²) < 4.78 is 0. The lowest BCUT2D eigenvalue weighted by Gasteiger charge is -1.68. The van der Waals surface area contributed by atoms with E-state index in [2.05, 4.69) is 15.2 Å². The lowest BCUT2D eigenvalue weighted by molar-refractivity contribution is 1.04. The Hall–Kier alpha value is -0.643. The van der Waals surface area contributed by atoms with Crippen molar-refractivity contribution in [1.29, 1.82) is 0 Å². The number of hydrogen-bond acceptors (Lipinski definition) is 2. The molecule has 0 radical (unpaired) electrons. The standard InChI is InChI=1S/C3H7N3Si/c1-2-4-3(7)6-5-2/h1,7H3,(H,4,5,6). The minimum atomic E-state index is 0.838. The molecule has 1 N–H and O–H groups in total. The molecule has 0 fully saturated rings. The van der Waals surface area contributed by atoms with Crippen molar-refractivity contribution in [3.05, 3.63) is 5.82 Å². The van der Waals surface area contributed by atoms with Gasteiger partial charge in [0.25, 0.3) is 0 Å². The van der Waals surface area contributed by atoms with E-state index in [4.69, 9.17) is 0 Å². The Morgan fingerprint density at radius 1 is 1.71 bits per heavy atom. The molecular formula is C3H7N3Si. The zero-order chi connectivity index (χ0) is 5.28. The number of hydrogen-bond donors (Lipinski definition) is 1. The van der Waals surface area contributed by atoms with Gasteiger partial charge in [0.1, 0.15) is 5.82 Å². The van der Waals surface area contributed by atoms with Crippen molar-refractivity contribution < 1.29 is 0 Å². The summed E-state index contributed by atoms with van der Waals surface area (Å²) in [5.41, 5.74) is 1.01. The second-order valence-corrected chi connectivity index (χ2v) is 2.42. The van der Waals surface area contributed by atoms with Gasteiger partial charge in [-0.2, -0.15) is 5.10 Å². The molecule has 0 aromatic carbocycles. The van der Waals surface area contributed by atoms with E-state index in [9.17, 15) is 0 Å². The van der Waals surface area contributed by atoms with Gasteiger partial charge in [-0.1, -0.05) is 0 Å². The highest BCUT2D eigenvalue weighted by atomic mass is 28.1. The predicted molar refractivity (Wildman–Crippen MR) is 30.7 cm³/mol. The zero-order valence-electron chi connectivity index (χ0n) is 4.39. The van der Waals surface area contributed by atoms with Crippen LogP contribution in [0.4, 0.5) is 0 Å². The number of aryl methyl sites for hydroxylation is 1. The van der Waals surface area contributed by atoms with Gasteiger partial charge in [0.15, 0.2) is 0 Å². The maximum atomic E-state index is 4.01. The van der Waals surface area contributed by atoms with Crippen molar-refractivity contribution >= 4 is 15.7 Å². The van der Waals surface area contributed by atoms with Crippen molar-refractivity contribution in [2.75, 3.05) is 0 Å². The van der Waals surface area contributed by atoms with Gasteiger partial charge in [-0.3, -0.25) is 5.10 Å². The molecule has 0 aliphatic heterocycles. The first-order valence-corrected chi connectivity index (χ1v) is 3.14. The Kier molecular flexibility index (Phi) is 0.939. The summed E-state index contributed by atoms with van der Waals surface area (Å²) in [7, 11) is 0.965. The maximum Gasteiger partial charge on any atom is 0.147 e. The zero-order valence-corrected chi connectivity index (χ0v) is 6.39. The summed E-state index contributed by atoms with van der Waals surface area (Å²) in [4.78, 5) is 4.01. The highest BCUT2D eigenvalue weighted by Crippen LogP contribution is 1.71. The normalized spacial score (nSPS) is 9.86. The molecule has 4 heteroatoms. The van der Waals surface area contributed by atoms with Crippen LogP contribution in [-0.2, 0) is 0 Å². The highest BCUT2D eigenvalue weighted by molar-refractivity contribution is 6.28. The van der Waals surface area contributed by atoms with Crippen molar-refractivity contribution in [2.45, 2.75) is 6.92 Å². The molecule has 0 saturated heterocycles. The van der Waals surface area contributed by atoms with Gasteiger partial charge in [0.2, 0.25) is 0 Å². The predicted octanol–water partition coefficient (Wildman–Crippen LogP) is -1.90. The average Bonchev–Trinajstić information content (AvgIpc) is 1.87. The lowest BCUT2D eigenvalue weighted by Crippen LogP contribution is -2.05. The number of nitrogens with one attached hydrogen (secondary N) is 1. The second-order valence-electron chi connectivity index (χ2n) is 1.47. The molecule has 1 aromatic heterocycles. The van der Waals surface area contributed by atoms with Crippen LogP contribution in [0.3, 0.4) is 0 Å². The van der Waals surface area contributed by atoms with Crippen LogP contribution in [0.2, 0.25) is 0 Å². The Labute approximate surface area is 44.6 Å². The number of H-pyrrole nitrogens is 1. The molecule has 7 heavy (non-hydrogen) atoms. The van der Waals surface area contributed by atoms with Crippen LogP contribution in [0, 0.1) is 6.92 Å². The lowest BCUT2D eigenvalue weighted by atomic mass is 10.8. The van der Waals surface area contributed by atoms with Crippen LogP contribution < -0.4 is 5.45 Å². The molecule has 0 unspecified atom stereocenters. The molecule has 0 aliphatic rings. The SMILES string of the molecule is Cc1n[nH]c([SiH3])n1. The van der Waals surface area contributed by atoms with Crippen LogP contribution >= 0.6 is 0 Å². The van der Waals surface area contributed by atoms with Gasteiger partial charge in [-0.05, 0) is 6.92 Å². The largest absolute Gasteiger partial charge is 0.269 e. The van der Waals surface area contributed by atoms with Crippen LogP contribution in [-0.4, -0.2) is 25.4 Å². The molecule has 3 nitrogen and oxygen atoms in total. The maximum absolute atomic E-state index is 4.01. The highest BCUT2D eigenvalue weighted by Gasteiger charge is 1.85. The topological polar surface area (TPSA) is 41.6 Å². The quantitative estimate of drug-likeness (QED) is 0.399. The van der Waals surface area contributed by atoms with Crippen LogP contribution in [0.1, 0.15) is 5.82 Å². The Morgan fingerprint density at radius 3 is 2.57 bits per heavy atom. The van der Waals surface area contributed by atoms with Gasteiger partial charge < -0.3 is 0 Å². The number of aromatic nitrogens is 3. The first-order chi connectivity index (χ1) is 3.29. The minimum absolute atomic E-state index is 0.838. The summed E-state index contributed by atoms with van der Waals surface area (Å²) in [5, 5.41) is 6.58. The van der Waals surface area contributed by atoms with E-state index in [0.717, 1.165) is 21.5 Å². The van der Waals surface area contributed by atoms with Crippen molar-refractivity contribution in [3.63, 3.8) is 0 Å². The van der Waals surface area contributed by atoms with Crippen LogP contribution in [0.15, 0.2) is 0 Å². The van der Waals surface area contributed by atoms with Crippen molar-refractivity contribution in [1.82, 2.24) is 15.2 Å². The third-order valence-corrected chi connectivity index (χ3v) is 1.16. The molecule has 0 saturated carbocycles. The summed E-state index contributed by atoms with van der Waals surface area (Å²) in [5.74, 6) is 0.838. The number of nitrogens with zero attached hydrogens (tertiary/aromatic N) is 2. The molecular weight excluding hydrogens is 106 g/mol. The Balaban J connectivity index is 3.04. The van der Waals surface area contributed by atoms with Gasteiger partial charge in [0, 0.05) is 0 Å². The first-order valence-electron chi connectivity index (χ1n) is 2.14. The Morgan fingerprint density at radius 2 is 2.43 bits per heavy atom.